The van der Waals surface area contributed by atoms with E-state index in [1.54, 1.807) is 24.3 Å². The summed E-state index contributed by atoms with van der Waals surface area (Å²) in [5, 5.41) is 2.37. The summed E-state index contributed by atoms with van der Waals surface area (Å²) in [6.45, 7) is 0. The van der Waals surface area contributed by atoms with Gasteiger partial charge in [0.15, 0.2) is 0 Å². The Morgan fingerprint density at radius 2 is 1.60 bits per heavy atom. The summed E-state index contributed by atoms with van der Waals surface area (Å²) >= 11 is 3.28. The highest BCUT2D eigenvalue weighted by Gasteiger charge is 2.21. The van der Waals surface area contributed by atoms with E-state index in [-0.39, 0.29) is 6.42 Å². The third-order valence-corrected chi connectivity index (χ3v) is 3.85. The first-order valence-electron chi connectivity index (χ1n) is 7.41. The van der Waals surface area contributed by atoms with Crippen LogP contribution in [-0.4, -0.2) is 23.9 Å². The number of hydrazine groups is 1. The smallest absolute Gasteiger partial charge is 0.312 e. The van der Waals surface area contributed by atoms with Gasteiger partial charge >= 0.3 is 6.03 Å². The summed E-state index contributed by atoms with van der Waals surface area (Å²) in [5.74, 6) is -1.05. The second-order valence-electron chi connectivity index (χ2n) is 5.20. The molecule has 0 saturated heterocycles. The number of halogens is 1. The number of benzene rings is 2. The molecule has 0 heterocycles. The number of hydrogen-bond acceptors (Lipinski definition) is 3. The van der Waals surface area contributed by atoms with E-state index >= 15 is 0 Å². The minimum Gasteiger partial charge on any atom is -0.352 e. The number of carbonyl (C=O) groups is 3. The SMILES string of the molecule is NC(=O)NC(Cc1ccccc1)C(=O)NNC(=O)c1ccc(Br)cc1. The first kappa shape index (κ1) is 18.5. The van der Waals surface area contributed by atoms with E-state index in [2.05, 4.69) is 32.1 Å². The lowest BCUT2D eigenvalue weighted by Crippen LogP contribution is -2.54. The number of carbonyl (C=O) groups excluding carboxylic acids is 3. The van der Waals surface area contributed by atoms with Crippen LogP contribution in [0, 0.1) is 0 Å². The summed E-state index contributed by atoms with van der Waals surface area (Å²) in [7, 11) is 0. The Hall–Kier alpha value is -2.87. The number of nitrogens with two attached hydrogens (primary N) is 1. The van der Waals surface area contributed by atoms with Crippen molar-refractivity contribution < 1.29 is 14.4 Å². The maximum atomic E-state index is 12.3. The van der Waals surface area contributed by atoms with E-state index < -0.39 is 23.9 Å². The Bertz CT molecular complexity index is 750. The summed E-state index contributed by atoms with van der Waals surface area (Å²) in [6, 6.07) is 14.0. The predicted octanol–water partition coefficient (Wildman–Crippen LogP) is 1.49. The Kier molecular flexibility index (Phi) is 6.53. The van der Waals surface area contributed by atoms with Gasteiger partial charge in [0.2, 0.25) is 0 Å². The van der Waals surface area contributed by atoms with E-state index in [9.17, 15) is 14.4 Å². The molecule has 5 N–H and O–H groups in total. The monoisotopic (exact) mass is 404 g/mol. The quantitative estimate of drug-likeness (QED) is 0.566. The number of amides is 4. The highest BCUT2D eigenvalue weighted by atomic mass is 79.9. The maximum Gasteiger partial charge on any atom is 0.312 e. The first-order valence-corrected chi connectivity index (χ1v) is 8.20. The van der Waals surface area contributed by atoms with Gasteiger partial charge in [-0.2, -0.15) is 0 Å². The standard InChI is InChI=1S/C17H17BrN4O3/c18-13-8-6-12(7-9-13)15(23)21-22-16(24)14(20-17(19)25)10-11-4-2-1-3-5-11/h1-9,14H,10H2,(H,21,23)(H,22,24)(H3,19,20,25). The molecule has 2 aromatic rings. The molecule has 2 rings (SSSR count). The highest BCUT2D eigenvalue weighted by molar-refractivity contribution is 9.10. The number of nitrogens with one attached hydrogen (secondary N) is 3. The average Bonchev–Trinajstić information content (AvgIpc) is 2.60. The summed E-state index contributed by atoms with van der Waals surface area (Å²) in [6.07, 6.45) is 0.240. The van der Waals surface area contributed by atoms with Crippen LogP contribution in [0.5, 0.6) is 0 Å². The Morgan fingerprint density at radius 3 is 2.20 bits per heavy atom. The van der Waals surface area contributed by atoms with Gasteiger partial charge in [-0.3, -0.25) is 20.4 Å². The fourth-order valence-electron chi connectivity index (χ4n) is 2.11. The minimum absolute atomic E-state index is 0.240. The zero-order valence-corrected chi connectivity index (χ0v) is 14.7. The third-order valence-electron chi connectivity index (χ3n) is 3.32. The molecule has 0 bridgehead atoms. The van der Waals surface area contributed by atoms with Crippen molar-refractivity contribution in [1.29, 1.82) is 0 Å². The molecular formula is C17H17BrN4O3. The molecule has 0 aliphatic heterocycles. The highest BCUT2D eigenvalue weighted by Crippen LogP contribution is 2.10. The van der Waals surface area contributed by atoms with Crippen LogP contribution in [0.2, 0.25) is 0 Å². The predicted molar refractivity (Wildman–Crippen MR) is 96.4 cm³/mol. The molecule has 4 amide bonds. The molecule has 1 unspecified atom stereocenters. The van der Waals surface area contributed by atoms with Crippen molar-refractivity contribution >= 4 is 33.8 Å². The molecular weight excluding hydrogens is 388 g/mol. The Morgan fingerprint density at radius 1 is 0.960 bits per heavy atom. The second-order valence-corrected chi connectivity index (χ2v) is 6.12. The van der Waals surface area contributed by atoms with Crippen LogP contribution in [0.25, 0.3) is 0 Å². The topological polar surface area (TPSA) is 113 Å². The molecule has 0 fully saturated rings. The molecule has 2 aromatic carbocycles. The molecule has 25 heavy (non-hydrogen) atoms. The molecule has 8 heteroatoms. The number of urea groups is 1. The molecule has 0 aliphatic carbocycles. The van der Waals surface area contributed by atoms with Crippen molar-refractivity contribution in [3.63, 3.8) is 0 Å². The fraction of sp³-hybridized carbons (Fsp3) is 0.118. The van der Waals surface area contributed by atoms with Gasteiger partial charge in [0.25, 0.3) is 11.8 Å². The van der Waals surface area contributed by atoms with Crippen molar-refractivity contribution in [2.24, 2.45) is 5.73 Å². The number of hydrogen-bond donors (Lipinski definition) is 4. The van der Waals surface area contributed by atoms with Crippen LogP contribution in [0.15, 0.2) is 59.1 Å². The van der Waals surface area contributed by atoms with Crippen molar-refractivity contribution in [3.05, 3.63) is 70.2 Å². The molecule has 0 saturated carbocycles. The first-order chi connectivity index (χ1) is 12.0. The van der Waals surface area contributed by atoms with Gasteiger partial charge in [-0.15, -0.1) is 0 Å². The van der Waals surface area contributed by atoms with Gasteiger partial charge in [0, 0.05) is 16.5 Å². The lowest BCUT2D eigenvalue weighted by molar-refractivity contribution is -0.123. The fourth-order valence-corrected chi connectivity index (χ4v) is 2.37. The van der Waals surface area contributed by atoms with Gasteiger partial charge in [-0.05, 0) is 29.8 Å². The molecule has 0 aliphatic rings. The second kappa shape index (κ2) is 8.84. The summed E-state index contributed by atoms with van der Waals surface area (Å²) in [4.78, 5) is 35.4. The van der Waals surface area contributed by atoms with E-state index in [1.165, 1.54) is 0 Å². The van der Waals surface area contributed by atoms with Gasteiger partial charge in [0.1, 0.15) is 6.04 Å². The van der Waals surface area contributed by atoms with Gasteiger partial charge < -0.3 is 11.1 Å². The zero-order valence-electron chi connectivity index (χ0n) is 13.2. The maximum absolute atomic E-state index is 12.3. The van der Waals surface area contributed by atoms with E-state index in [4.69, 9.17) is 5.73 Å². The lowest BCUT2D eigenvalue weighted by atomic mass is 10.1. The number of rotatable bonds is 5. The lowest BCUT2D eigenvalue weighted by Gasteiger charge is -2.17. The van der Waals surface area contributed by atoms with Crippen molar-refractivity contribution in [2.75, 3.05) is 0 Å². The average molecular weight is 405 g/mol. The van der Waals surface area contributed by atoms with Crippen LogP contribution in [0.4, 0.5) is 4.79 Å². The van der Waals surface area contributed by atoms with E-state index in [0.717, 1.165) is 10.0 Å². The summed E-state index contributed by atoms with van der Waals surface area (Å²) in [5.41, 5.74) is 11.0. The largest absolute Gasteiger partial charge is 0.352 e. The van der Waals surface area contributed by atoms with E-state index in [1.807, 2.05) is 30.3 Å². The molecule has 7 nitrogen and oxygen atoms in total. The minimum atomic E-state index is -0.912. The van der Waals surface area contributed by atoms with Crippen LogP contribution < -0.4 is 21.9 Å². The van der Waals surface area contributed by atoms with Crippen molar-refractivity contribution in [3.8, 4) is 0 Å². The van der Waals surface area contributed by atoms with Crippen molar-refractivity contribution in [1.82, 2.24) is 16.2 Å². The molecule has 0 spiro atoms. The van der Waals surface area contributed by atoms with Crippen molar-refractivity contribution in [2.45, 2.75) is 12.5 Å². The van der Waals surface area contributed by atoms with Crippen LogP contribution in [0.1, 0.15) is 15.9 Å². The molecule has 1 atom stereocenters. The van der Waals surface area contributed by atoms with Gasteiger partial charge in [0.05, 0.1) is 0 Å². The van der Waals surface area contributed by atoms with Crippen LogP contribution >= 0.6 is 15.9 Å². The van der Waals surface area contributed by atoms with Gasteiger partial charge in [-0.25, -0.2) is 4.79 Å². The Labute approximate surface area is 153 Å². The Balaban J connectivity index is 1.97. The number of primary amides is 1. The normalized spacial score (nSPS) is 11.2. The van der Waals surface area contributed by atoms with Gasteiger partial charge in [-0.1, -0.05) is 46.3 Å². The molecule has 0 aromatic heterocycles. The van der Waals surface area contributed by atoms with E-state index in [0.29, 0.717) is 5.56 Å². The van der Waals surface area contributed by atoms with Crippen LogP contribution in [-0.2, 0) is 11.2 Å². The zero-order chi connectivity index (χ0) is 18.2. The van der Waals surface area contributed by atoms with Crippen LogP contribution in [0.3, 0.4) is 0 Å². The molecule has 130 valence electrons. The molecule has 0 radical (unpaired) electrons. The summed E-state index contributed by atoms with van der Waals surface area (Å²) < 4.78 is 0.835. The third kappa shape index (κ3) is 5.92.